The van der Waals surface area contributed by atoms with Gasteiger partial charge in [0, 0.05) is 6.20 Å². The van der Waals surface area contributed by atoms with Gasteiger partial charge in [0.1, 0.15) is 11.4 Å². The summed E-state index contributed by atoms with van der Waals surface area (Å²) in [5.41, 5.74) is 1.78. The Labute approximate surface area is 130 Å². The van der Waals surface area contributed by atoms with E-state index in [1.165, 1.54) is 6.20 Å². The van der Waals surface area contributed by atoms with E-state index < -0.39 is 0 Å². The average molecular weight is 322 g/mol. The minimum atomic E-state index is 0.0611. The van der Waals surface area contributed by atoms with Gasteiger partial charge in [-0.3, -0.25) is 0 Å². The summed E-state index contributed by atoms with van der Waals surface area (Å²) in [5, 5.41) is 14.5. The van der Waals surface area contributed by atoms with Crippen molar-refractivity contribution in [3.05, 3.63) is 46.1 Å². The zero-order valence-electron chi connectivity index (χ0n) is 10.8. The van der Waals surface area contributed by atoms with Crippen LogP contribution in [0.2, 0.25) is 10.0 Å². The Morgan fingerprint density at radius 1 is 1.19 bits per heavy atom. The molecule has 2 heterocycles. The van der Waals surface area contributed by atoms with Crippen molar-refractivity contribution in [2.45, 2.75) is 6.92 Å². The Morgan fingerprint density at radius 3 is 2.76 bits per heavy atom. The maximum absolute atomic E-state index is 9.87. The zero-order chi connectivity index (χ0) is 15.0. The summed E-state index contributed by atoms with van der Waals surface area (Å²) in [6, 6.07) is 6.66. The van der Waals surface area contributed by atoms with Crippen molar-refractivity contribution < 1.29 is 9.63 Å². The molecule has 0 unspecified atom stereocenters. The molecule has 0 aliphatic heterocycles. The molecule has 0 spiro atoms. The third-order valence-corrected chi connectivity index (χ3v) is 3.32. The highest BCUT2D eigenvalue weighted by molar-refractivity contribution is 6.35. The number of hydrogen-bond acceptors (Lipinski definition) is 5. The third-order valence-electron chi connectivity index (χ3n) is 2.83. The lowest BCUT2D eigenvalue weighted by atomic mass is 10.1. The second kappa shape index (κ2) is 5.35. The molecule has 0 amide bonds. The first-order valence-electron chi connectivity index (χ1n) is 5.99. The number of pyridine rings is 1. The fraction of sp³-hybridized carbons (Fsp3) is 0.0714. The highest BCUT2D eigenvalue weighted by atomic mass is 35.5. The van der Waals surface area contributed by atoms with Crippen LogP contribution in [-0.2, 0) is 0 Å². The topological polar surface area (TPSA) is 72.0 Å². The molecule has 0 saturated carbocycles. The summed E-state index contributed by atoms with van der Waals surface area (Å²) < 4.78 is 5.17. The minimum absolute atomic E-state index is 0.0611. The van der Waals surface area contributed by atoms with E-state index in [0.29, 0.717) is 21.3 Å². The highest BCUT2D eigenvalue weighted by Gasteiger charge is 2.17. The fourth-order valence-electron chi connectivity index (χ4n) is 1.83. The van der Waals surface area contributed by atoms with Crippen molar-refractivity contribution in [2.75, 3.05) is 0 Å². The molecule has 0 atom stereocenters. The van der Waals surface area contributed by atoms with Crippen molar-refractivity contribution in [1.29, 1.82) is 0 Å². The summed E-state index contributed by atoms with van der Waals surface area (Å²) in [5.74, 6) is 0.484. The van der Waals surface area contributed by atoms with Crippen LogP contribution in [0.25, 0.3) is 23.0 Å². The molecule has 1 N–H and O–H groups in total. The molecular weight excluding hydrogens is 313 g/mol. The number of rotatable bonds is 2. The molecule has 2 aromatic heterocycles. The molecule has 5 nitrogen and oxygen atoms in total. The quantitative estimate of drug-likeness (QED) is 0.768. The maximum atomic E-state index is 9.87. The monoisotopic (exact) mass is 321 g/mol. The van der Waals surface area contributed by atoms with Crippen molar-refractivity contribution in [2.24, 2.45) is 0 Å². The minimum Gasteiger partial charge on any atom is -0.507 e. The van der Waals surface area contributed by atoms with Crippen LogP contribution in [0, 0.1) is 6.92 Å². The van der Waals surface area contributed by atoms with Crippen LogP contribution in [0.4, 0.5) is 0 Å². The molecule has 3 aromatic rings. The van der Waals surface area contributed by atoms with Crippen LogP contribution in [0.1, 0.15) is 5.56 Å². The van der Waals surface area contributed by atoms with E-state index in [9.17, 15) is 5.11 Å². The summed E-state index contributed by atoms with van der Waals surface area (Å²) in [6.07, 6.45) is 1.45. The predicted molar refractivity (Wildman–Crippen MR) is 79.4 cm³/mol. The lowest BCUT2D eigenvalue weighted by Gasteiger charge is -2.00. The maximum Gasteiger partial charge on any atom is 0.262 e. The number of halogens is 2. The Morgan fingerprint density at radius 2 is 2.00 bits per heavy atom. The van der Waals surface area contributed by atoms with Gasteiger partial charge in [0.05, 0.1) is 15.6 Å². The van der Waals surface area contributed by atoms with E-state index in [4.69, 9.17) is 27.7 Å². The van der Waals surface area contributed by atoms with Crippen LogP contribution >= 0.6 is 23.2 Å². The number of hydrogen-bond donors (Lipinski definition) is 1. The first-order valence-corrected chi connectivity index (χ1v) is 6.75. The van der Waals surface area contributed by atoms with E-state index in [0.717, 1.165) is 5.56 Å². The second-order valence-corrected chi connectivity index (χ2v) is 5.27. The number of phenols is 1. The predicted octanol–water partition coefficient (Wildman–Crippen LogP) is 4.12. The Hall–Kier alpha value is -2.11. The number of aromatic nitrogens is 3. The van der Waals surface area contributed by atoms with Gasteiger partial charge in [-0.05, 0) is 25.1 Å². The molecule has 0 aliphatic rings. The molecule has 21 heavy (non-hydrogen) atoms. The number of aryl methyl sites for hydroxylation is 1. The molecule has 0 bridgehead atoms. The third kappa shape index (κ3) is 2.70. The first-order chi connectivity index (χ1) is 10.0. The highest BCUT2D eigenvalue weighted by Crippen LogP contribution is 2.31. The van der Waals surface area contributed by atoms with E-state index in [2.05, 4.69) is 15.1 Å². The van der Waals surface area contributed by atoms with Crippen LogP contribution in [0.3, 0.4) is 0 Å². The van der Waals surface area contributed by atoms with Gasteiger partial charge in [0.15, 0.2) is 0 Å². The van der Waals surface area contributed by atoms with Crippen molar-refractivity contribution >= 4 is 23.2 Å². The van der Waals surface area contributed by atoms with Crippen LogP contribution in [0.5, 0.6) is 5.75 Å². The van der Waals surface area contributed by atoms with E-state index in [1.54, 1.807) is 24.3 Å². The number of aromatic hydroxyl groups is 1. The molecule has 0 fully saturated rings. The van der Waals surface area contributed by atoms with E-state index >= 15 is 0 Å². The molecule has 3 rings (SSSR count). The zero-order valence-corrected chi connectivity index (χ0v) is 12.4. The van der Waals surface area contributed by atoms with Gasteiger partial charge in [-0.2, -0.15) is 4.98 Å². The van der Waals surface area contributed by atoms with E-state index in [1.807, 2.05) is 6.92 Å². The Bertz CT molecular complexity index is 818. The van der Waals surface area contributed by atoms with Crippen LogP contribution in [0.15, 0.2) is 35.0 Å². The molecule has 1 aromatic carbocycles. The lowest BCUT2D eigenvalue weighted by Crippen LogP contribution is -1.87. The summed E-state index contributed by atoms with van der Waals surface area (Å²) in [4.78, 5) is 8.30. The van der Waals surface area contributed by atoms with Gasteiger partial charge >= 0.3 is 0 Å². The normalized spacial score (nSPS) is 10.8. The van der Waals surface area contributed by atoms with Gasteiger partial charge in [-0.15, -0.1) is 0 Å². The average Bonchev–Trinajstić information content (AvgIpc) is 2.91. The van der Waals surface area contributed by atoms with Crippen molar-refractivity contribution in [1.82, 2.24) is 15.1 Å². The standard InChI is InChI=1S/C14H9Cl2N3O2/c1-7-2-3-11(20)9(4-7)14-18-13(19-21-14)12-10(16)5-8(15)6-17-12/h2-6,20H,1H3. The van der Waals surface area contributed by atoms with Gasteiger partial charge in [-0.25, -0.2) is 4.98 Å². The molecule has 0 radical (unpaired) electrons. The van der Waals surface area contributed by atoms with Crippen molar-refractivity contribution in [3.8, 4) is 28.7 Å². The number of benzene rings is 1. The van der Waals surface area contributed by atoms with Gasteiger partial charge in [0.2, 0.25) is 5.82 Å². The Kier molecular flexibility index (Phi) is 3.53. The van der Waals surface area contributed by atoms with Crippen LogP contribution < -0.4 is 0 Å². The SMILES string of the molecule is Cc1ccc(O)c(-c2nc(-c3ncc(Cl)cc3Cl)no2)c1. The smallest absolute Gasteiger partial charge is 0.262 e. The summed E-state index contributed by atoms with van der Waals surface area (Å²) >= 11 is 11.9. The second-order valence-electron chi connectivity index (χ2n) is 4.43. The van der Waals surface area contributed by atoms with Crippen molar-refractivity contribution in [3.63, 3.8) is 0 Å². The van der Waals surface area contributed by atoms with Gasteiger partial charge < -0.3 is 9.63 Å². The number of phenolic OH excluding ortho intramolecular Hbond substituents is 1. The fourth-order valence-corrected chi connectivity index (χ4v) is 2.29. The molecule has 0 saturated heterocycles. The van der Waals surface area contributed by atoms with Gasteiger partial charge in [0.25, 0.3) is 5.89 Å². The first kappa shape index (κ1) is 13.9. The van der Waals surface area contributed by atoms with E-state index in [-0.39, 0.29) is 17.5 Å². The summed E-state index contributed by atoms with van der Waals surface area (Å²) in [7, 11) is 0. The molecular formula is C14H9Cl2N3O2. The number of nitrogens with zero attached hydrogens (tertiary/aromatic N) is 3. The molecule has 0 aliphatic carbocycles. The summed E-state index contributed by atoms with van der Waals surface area (Å²) in [6.45, 7) is 1.90. The lowest BCUT2D eigenvalue weighted by molar-refractivity contribution is 0.425. The van der Waals surface area contributed by atoms with Crippen LogP contribution in [-0.4, -0.2) is 20.2 Å². The largest absolute Gasteiger partial charge is 0.507 e. The molecule has 7 heteroatoms. The molecule has 106 valence electrons. The Balaban J connectivity index is 2.06. The van der Waals surface area contributed by atoms with Gasteiger partial charge in [-0.1, -0.05) is 40.0 Å².